The largest absolute Gasteiger partial charge is 0.504 e. The highest BCUT2D eigenvalue weighted by Crippen LogP contribution is 2.11. The fourth-order valence-corrected chi connectivity index (χ4v) is 1.26. The Morgan fingerprint density at radius 1 is 1.44 bits per heavy atom. The molecule has 0 amide bonds. The third-order valence-corrected chi connectivity index (χ3v) is 2.01. The molecule has 0 radical (unpaired) electrons. The Morgan fingerprint density at radius 2 is 2.22 bits per heavy atom. The molecule has 0 bridgehead atoms. The van der Waals surface area contributed by atoms with Crippen molar-refractivity contribution >= 4 is 6.29 Å². The number of carbonyl (C=O) groups is 1. The zero-order valence-corrected chi connectivity index (χ0v) is 11.1. The van der Waals surface area contributed by atoms with Crippen molar-refractivity contribution < 1.29 is 9.53 Å². The standard InChI is InChI=1S/C10H13NO.C5H8O/c1-2-5-10-6-3-4-7-11(10)8-9-12;1-3-4-5-6-2/h3-7,9H,2,8H2,1H3;3-5H,1H2,2H3/b10-5-;5-4-. The van der Waals surface area contributed by atoms with Crippen LogP contribution in [0.4, 0.5) is 0 Å². The molecule has 0 aliphatic carbocycles. The van der Waals surface area contributed by atoms with Gasteiger partial charge in [0.05, 0.1) is 19.9 Å². The molecule has 3 heteroatoms. The summed E-state index contributed by atoms with van der Waals surface area (Å²) in [4.78, 5) is 12.2. The van der Waals surface area contributed by atoms with Gasteiger partial charge in [-0.2, -0.15) is 0 Å². The molecule has 1 rings (SSSR count). The number of carbonyl (C=O) groups excluding carboxylic acids is 1. The Bertz CT molecular complexity index is 352. The first-order chi connectivity index (χ1) is 8.79. The predicted molar refractivity (Wildman–Crippen MR) is 75.8 cm³/mol. The van der Waals surface area contributed by atoms with Crippen LogP contribution in [0.5, 0.6) is 0 Å². The van der Waals surface area contributed by atoms with Crippen LogP contribution in [0.15, 0.2) is 61.2 Å². The van der Waals surface area contributed by atoms with Gasteiger partial charge < -0.3 is 14.4 Å². The van der Waals surface area contributed by atoms with Crippen LogP contribution in [0.1, 0.15) is 13.3 Å². The maximum Gasteiger partial charge on any atom is 0.139 e. The average molecular weight is 247 g/mol. The molecule has 0 unspecified atom stereocenters. The molecule has 1 heterocycles. The summed E-state index contributed by atoms with van der Waals surface area (Å²) >= 11 is 0. The van der Waals surface area contributed by atoms with Crippen molar-refractivity contribution in [1.82, 2.24) is 4.90 Å². The van der Waals surface area contributed by atoms with Crippen molar-refractivity contribution in [3.05, 3.63) is 61.2 Å². The summed E-state index contributed by atoms with van der Waals surface area (Å²) in [5.41, 5.74) is 1.10. The molecule has 0 aromatic carbocycles. The quantitative estimate of drug-likeness (QED) is 0.424. The first-order valence-corrected chi connectivity index (χ1v) is 5.85. The summed E-state index contributed by atoms with van der Waals surface area (Å²) in [7, 11) is 1.60. The Balaban J connectivity index is 0.000000411. The zero-order chi connectivity index (χ0) is 13.6. The van der Waals surface area contributed by atoms with Gasteiger partial charge in [-0.3, -0.25) is 0 Å². The molecule has 98 valence electrons. The molecule has 3 nitrogen and oxygen atoms in total. The van der Waals surface area contributed by atoms with Crippen LogP contribution in [-0.2, 0) is 9.53 Å². The SMILES string of the molecule is C=C/C=C\OC.CC/C=C1/C=CC=CN1CC=O. The molecule has 0 saturated heterocycles. The van der Waals surface area contributed by atoms with Crippen LogP contribution in [0.2, 0.25) is 0 Å². The maximum atomic E-state index is 10.3. The number of aldehydes is 1. The van der Waals surface area contributed by atoms with E-state index < -0.39 is 0 Å². The van der Waals surface area contributed by atoms with E-state index in [-0.39, 0.29) is 0 Å². The number of methoxy groups -OCH3 is 1. The van der Waals surface area contributed by atoms with Crippen molar-refractivity contribution in [2.24, 2.45) is 0 Å². The van der Waals surface area contributed by atoms with Gasteiger partial charge in [0.1, 0.15) is 6.29 Å². The lowest BCUT2D eigenvalue weighted by molar-refractivity contribution is -0.108. The van der Waals surface area contributed by atoms with Gasteiger partial charge in [-0.25, -0.2) is 0 Å². The van der Waals surface area contributed by atoms with Crippen molar-refractivity contribution in [2.75, 3.05) is 13.7 Å². The second-order valence-electron chi connectivity index (χ2n) is 3.36. The first-order valence-electron chi connectivity index (χ1n) is 5.85. The minimum absolute atomic E-state index is 0.437. The van der Waals surface area contributed by atoms with Gasteiger partial charge >= 0.3 is 0 Å². The van der Waals surface area contributed by atoms with E-state index in [9.17, 15) is 4.79 Å². The molecule has 0 atom stereocenters. The average Bonchev–Trinajstić information content (AvgIpc) is 2.40. The van der Waals surface area contributed by atoms with Gasteiger partial charge in [-0.1, -0.05) is 31.7 Å². The summed E-state index contributed by atoms with van der Waals surface area (Å²) in [6.45, 7) is 5.95. The highest BCUT2D eigenvalue weighted by molar-refractivity contribution is 5.53. The van der Waals surface area contributed by atoms with Crippen LogP contribution in [0.3, 0.4) is 0 Å². The molecule has 0 aromatic heterocycles. The Morgan fingerprint density at radius 3 is 2.72 bits per heavy atom. The molecule has 1 aliphatic heterocycles. The van der Waals surface area contributed by atoms with E-state index in [4.69, 9.17) is 0 Å². The van der Waals surface area contributed by atoms with Crippen LogP contribution >= 0.6 is 0 Å². The van der Waals surface area contributed by atoms with Gasteiger partial charge in [-0.05, 0) is 24.6 Å². The Hall–Kier alpha value is -2.03. The number of allylic oxidation sites excluding steroid dienone is 6. The molecule has 1 aliphatic rings. The third kappa shape index (κ3) is 7.28. The van der Waals surface area contributed by atoms with Crippen molar-refractivity contribution in [3.8, 4) is 0 Å². The molecule has 0 fully saturated rings. The van der Waals surface area contributed by atoms with Crippen molar-refractivity contribution in [3.63, 3.8) is 0 Å². The lowest BCUT2D eigenvalue weighted by Gasteiger charge is -2.20. The number of hydrogen-bond donors (Lipinski definition) is 0. The van der Waals surface area contributed by atoms with E-state index in [1.807, 2.05) is 29.3 Å². The van der Waals surface area contributed by atoms with Crippen LogP contribution in [-0.4, -0.2) is 24.8 Å². The van der Waals surface area contributed by atoms with E-state index in [0.29, 0.717) is 6.54 Å². The normalized spacial score (nSPS) is 15.4. The first kappa shape index (κ1) is 16.0. The minimum atomic E-state index is 0.437. The Labute approximate surface area is 109 Å². The third-order valence-electron chi connectivity index (χ3n) is 2.01. The predicted octanol–water partition coefficient (Wildman–Crippen LogP) is 3.20. The number of nitrogens with zero attached hydrogens (tertiary/aromatic N) is 1. The summed E-state index contributed by atoms with van der Waals surface area (Å²) in [5.74, 6) is 0. The van der Waals surface area contributed by atoms with Gasteiger partial charge in [-0.15, -0.1) is 0 Å². The van der Waals surface area contributed by atoms with Crippen molar-refractivity contribution in [2.45, 2.75) is 13.3 Å². The van der Waals surface area contributed by atoms with Crippen LogP contribution in [0, 0.1) is 0 Å². The van der Waals surface area contributed by atoms with Gasteiger partial charge in [0.15, 0.2) is 0 Å². The highest BCUT2D eigenvalue weighted by atomic mass is 16.5. The number of hydrogen-bond acceptors (Lipinski definition) is 3. The number of ether oxygens (including phenoxy) is 1. The van der Waals surface area contributed by atoms with Crippen LogP contribution < -0.4 is 0 Å². The molecule has 0 saturated carbocycles. The minimum Gasteiger partial charge on any atom is -0.504 e. The summed E-state index contributed by atoms with van der Waals surface area (Å²) < 4.78 is 4.53. The van der Waals surface area contributed by atoms with Gasteiger partial charge in [0.25, 0.3) is 0 Å². The van der Waals surface area contributed by atoms with E-state index in [1.54, 1.807) is 25.5 Å². The molecule has 18 heavy (non-hydrogen) atoms. The second kappa shape index (κ2) is 11.5. The van der Waals surface area contributed by atoms with E-state index >= 15 is 0 Å². The monoisotopic (exact) mass is 247 g/mol. The highest BCUT2D eigenvalue weighted by Gasteiger charge is 2.03. The summed E-state index contributed by atoms with van der Waals surface area (Å²) in [6, 6.07) is 0. The lowest BCUT2D eigenvalue weighted by atomic mass is 10.2. The van der Waals surface area contributed by atoms with Gasteiger partial charge in [0.2, 0.25) is 0 Å². The maximum absolute atomic E-state index is 10.3. The fraction of sp³-hybridized carbons (Fsp3) is 0.267. The molecular formula is C15H21NO2. The van der Waals surface area contributed by atoms with E-state index in [2.05, 4.69) is 24.3 Å². The lowest BCUT2D eigenvalue weighted by Crippen LogP contribution is -2.19. The summed E-state index contributed by atoms with van der Waals surface area (Å²) in [6.07, 6.45) is 16.8. The van der Waals surface area contributed by atoms with Crippen molar-refractivity contribution in [1.29, 1.82) is 0 Å². The second-order valence-corrected chi connectivity index (χ2v) is 3.36. The van der Waals surface area contributed by atoms with Gasteiger partial charge in [0, 0.05) is 11.9 Å². The zero-order valence-electron chi connectivity index (χ0n) is 11.1. The Kier molecular flexibility index (Phi) is 10.2. The smallest absolute Gasteiger partial charge is 0.139 e. The fourth-order valence-electron chi connectivity index (χ4n) is 1.26. The topological polar surface area (TPSA) is 29.5 Å². The molecule has 0 N–H and O–H groups in total. The molecule has 0 spiro atoms. The molecule has 0 aromatic rings. The van der Waals surface area contributed by atoms with E-state index in [1.165, 1.54) is 0 Å². The van der Waals surface area contributed by atoms with Crippen LogP contribution in [0.25, 0.3) is 0 Å². The number of rotatable bonds is 5. The van der Waals surface area contributed by atoms with E-state index in [0.717, 1.165) is 18.4 Å². The summed E-state index contributed by atoms with van der Waals surface area (Å²) in [5, 5.41) is 0. The molecular weight excluding hydrogens is 226 g/mol.